The first-order chi connectivity index (χ1) is 2.45. The summed E-state index contributed by atoms with van der Waals surface area (Å²) in [5.74, 6) is 0. The third-order valence-corrected chi connectivity index (χ3v) is 0. The van der Waals surface area contributed by atoms with Crippen molar-refractivity contribution in [2.75, 3.05) is 0 Å². The van der Waals surface area contributed by atoms with Crippen molar-refractivity contribution < 1.29 is 109 Å². The Morgan fingerprint density at radius 2 is 0.556 bits per heavy atom. The zero-order chi connectivity index (χ0) is 6.41. The SMILES string of the molecule is [Cl][Os-2]([Cl])([Cl])([Cl])([Cl])[Cl].[K+].[K+]. The van der Waals surface area contributed by atoms with Crippen molar-refractivity contribution in [2.45, 2.75) is 0 Å². The Morgan fingerprint density at radius 3 is 0.556 bits per heavy atom. The van der Waals surface area contributed by atoms with Crippen LogP contribution in [-0.2, 0) is 6.64 Å². The van der Waals surface area contributed by atoms with E-state index in [4.69, 9.17) is 57.8 Å². The summed E-state index contributed by atoms with van der Waals surface area (Å²) in [5, 5.41) is 0. The van der Waals surface area contributed by atoms with Gasteiger partial charge in [-0.3, -0.25) is 0 Å². The molecule has 9 heteroatoms. The summed E-state index contributed by atoms with van der Waals surface area (Å²) in [4.78, 5) is 0. The van der Waals surface area contributed by atoms with Gasteiger partial charge < -0.3 is 0 Å². The van der Waals surface area contributed by atoms with Gasteiger partial charge in [0, 0.05) is 0 Å². The first-order valence-corrected chi connectivity index (χ1v) is 19.7. The summed E-state index contributed by atoms with van der Waals surface area (Å²) in [7, 11) is 30.4. The van der Waals surface area contributed by atoms with Crippen LogP contribution in [0.5, 0.6) is 0 Å². The second-order valence-electron chi connectivity index (χ2n) is 0.758. The Morgan fingerprint density at radius 1 is 0.556 bits per heavy atom. The largest absolute Gasteiger partial charge is 1.00 e. The molecule has 0 radical (unpaired) electrons. The molecule has 0 amide bonds. The minimum absolute atomic E-state index is 0. The molecule has 9 heavy (non-hydrogen) atoms. The maximum absolute atomic E-state index is 5.38. The van der Waals surface area contributed by atoms with Gasteiger partial charge in [-0.2, -0.15) is 0 Å². The Labute approximate surface area is 162 Å². The molecule has 0 heterocycles. The van der Waals surface area contributed by atoms with Gasteiger partial charge in [-0.05, 0) is 0 Å². The van der Waals surface area contributed by atoms with Crippen molar-refractivity contribution in [3.05, 3.63) is 0 Å². The predicted octanol–water partition coefficient (Wildman–Crippen LogP) is -1.86. The molecule has 0 saturated carbocycles. The third kappa shape index (κ3) is 58.0. The van der Waals surface area contributed by atoms with E-state index in [1.54, 1.807) is 0 Å². The molecule has 0 atom stereocenters. The topological polar surface area (TPSA) is 0 Å². The van der Waals surface area contributed by atoms with Crippen molar-refractivity contribution in [3.63, 3.8) is 0 Å². The van der Waals surface area contributed by atoms with Gasteiger partial charge in [0.1, 0.15) is 0 Å². The fourth-order valence-electron chi connectivity index (χ4n) is 0. The van der Waals surface area contributed by atoms with Crippen molar-refractivity contribution in [2.24, 2.45) is 0 Å². The standard InChI is InChI=1S/6ClH.2K.Os/h6*1H;;;/q;;;;;;2*+1;+4/p-6. The van der Waals surface area contributed by atoms with Gasteiger partial charge >= 0.3 is 167 Å². The molecule has 0 aliphatic heterocycles. The van der Waals surface area contributed by atoms with Crippen LogP contribution in [0, 0.1) is 0 Å². The smallest absolute Gasteiger partial charge is 1.00 e. The van der Waals surface area contributed by atoms with Crippen LogP contribution in [-0.4, -0.2) is 0 Å². The third-order valence-electron chi connectivity index (χ3n) is 0. The van der Waals surface area contributed by atoms with Gasteiger partial charge in [-0.1, -0.05) is 0 Å². The molecule has 0 nitrogen and oxygen atoms in total. The monoisotopic (exact) mass is 480 g/mol. The average molecular weight is 481 g/mol. The van der Waals surface area contributed by atoms with Crippen LogP contribution in [0.2, 0.25) is 0 Å². The van der Waals surface area contributed by atoms with Crippen molar-refractivity contribution in [3.8, 4) is 0 Å². The quantitative estimate of drug-likeness (QED) is 0.357. The Hall–Kier alpha value is 5.65. The van der Waals surface area contributed by atoms with E-state index >= 15 is 0 Å². The van der Waals surface area contributed by atoms with Gasteiger partial charge in [0.25, 0.3) is 0 Å². The number of halogens is 6. The van der Waals surface area contributed by atoms with Crippen molar-refractivity contribution in [1.82, 2.24) is 0 Å². The zero-order valence-electron chi connectivity index (χ0n) is 4.62. The van der Waals surface area contributed by atoms with E-state index in [-0.39, 0.29) is 103 Å². The molecule has 0 N–H and O–H groups in total. The second kappa shape index (κ2) is 5.12. The molecular formula is Cl6K2Os. The summed E-state index contributed by atoms with van der Waals surface area (Å²) in [6.07, 6.45) is 0. The van der Waals surface area contributed by atoms with E-state index in [1.165, 1.54) is 0 Å². The van der Waals surface area contributed by atoms with Gasteiger partial charge in [0.2, 0.25) is 0 Å². The van der Waals surface area contributed by atoms with E-state index in [1.807, 2.05) is 0 Å². The van der Waals surface area contributed by atoms with Crippen molar-refractivity contribution >= 4 is 57.8 Å². The van der Waals surface area contributed by atoms with Crippen LogP contribution in [0.1, 0.15) is 0 Å². The maximum Gasteiger partial charge on any atom is 1.00 e. The van der Waals surface area contributed by atoms with Crippen LogP contribution in [0.25, 0.3) is 0 Å². The van der Waals surface area contributed by atoms with E-state index in [2.05, 4.69) is 0 Å². The number of rotatable bonds is 0. The summed E-state index contributed by atoms with van der Waals surface area (Å²) < 4.78 is 0. The summed E-state index contributed by atoms with van der Waals surface area (Å²) in [5.41, 5.74) is 0. The van der Waals surface area contributed by atoms with Crippen LogP contribution < -0.4 is 103 Å². The molecule has 0 aromatic rings. The summed E-state index contributed by atoms with van der Waals surface area (Å²) >= 11 is 0. The Kier molecular flexibility index (Phi) is 11.4. The van der Waals surface area contributed by atoms with Crippen LogP contribution in [0.4, 0.5) is 0 Å². The minimum Gasteiger partial charge on any atom is 1.00 e. The summed E-state index contributed by atoms with van der Waals surface area (Å²) in [6.45, 7) is -5.38. The van der Waals surface area contributed by atoms with Gasteiger partial charge in [-0.15, -0.1) is 0 Å². The number of hydrogen-bond donors (Lipinski definition) is 0. The van der Waals surface area contributed by atoms with E-state index < -0.39 is 6.64 Å². The molecule has 0 rings (SSSR count). The van der Waals surface area contributed by atoms with Crippen LogP contribution in [0.15, 0.2) is 0 Å². The molecule has 0 unspecified atom stereocenters. The van der Waals surface area contributed by atoms with E-state index in [9.17, 15) is 0 Å². The van der Waals surface area contributed by atoms with Crippen molar-refractivity contribution in [1.29, 1.82) is 0 Å². The first kappa shape index (κ1) is 20.1. The van der Waals surface area contributed by atoms with Gasteiger partial charge in [-0.25, -0.2) is 0 Å². The Balaban J connectivity index is -0.000000180. The minimum atomic E-state index is -5.38. The molecule has 0 aromatic carbocycles. The molecule has 0 bridgehead atoms. The fourth-order valence-corrected chi connectivity index (χ4v) is 0. The molecule has 0 aliphatic carbocycles. The van der Waals surface area contributed by atoms with Gasteiger partial charge in [0.05, 0.1) is 0 Å². The molecular weight excluding hydrogens is 481 g/mol. The number of hydrogen-bond acceptors (Lipinski definition) is 0. The summed E-state index contributed by atoms with van der Waals surface area (Å²) in [6, 6.07) is 0. The maximum atomic E-state index is 5.06. The zero-order valence-corrected chi connectivity index (χ0v) is 17.9. The van der Waals surface area contributed by atoms with E-state index in [0.717, 1.165) is 0 Å². The predicted molar refractivity (Wildman–Crippen MR) is 35.1 cm³/mol. The molecule has 52 valence electrons. The Bertz CT molecular complexity index is 69.6. The second-order valence-corrected chi connectivity index (χ2v) is 55.8. The normalized spacial score (nSPS) is 18.0. The van der Waals surface area contributed by atoms with Crippen LogP contribution >= 0.6 is 57.8 Å². The first-order valence-electron chi connectivity index (χ1n) is 0.802. The molecule has 0 spiro atoms. The molecule has 0 aromatic heterocycles. The van der Waals surface area contributed by atoms with Crippen LogP contribution in [0.3, 0.4) is 0 Å². The fraction of sp³-hybridized carbons (Fsp3) is 0. The molecule has 0 saturated heterocycles. The van der Waals surface area contributed by atoms with E-state index in [0.29, 0.717) is 0 Å². The average Bonchev–Trinajstić information content (AvgIpc) is 0.592. The van der Waals surface area contributed by atoms with Gasteiger partial charge in [0.15, 0.2) is 0 Å². The molecule has 0 fully saturated rings. The molecule has 0 aliphatic rings.